The Morgan fingerprint density at radius 1 is 1.27 bits per heavy atom. The van der Waals surface area contributed by atoms with Crippen LogP contribution in [0.4, 0.5) is 4.39 Å². The van der Waals surface area contributed by atoms with Crippen LogP contribution in [-0.2, 0) is 9.53 Å². The van der Waals surface area contributed by atoms with E-state index in [1.807, 2.05) is 4.90 Å². The Morgan fingerprint density at radius 3 is 2.59 bits per heavy atom. The Kier molecular flexibility index (Phi) is 4.31. The molecule has 3 rings (SSSR count). The summed E-state index contributed by atoms with van der Waals surface area (Å²) in [6.45, 7) is 2.55. The number of hydrogen-bond donors (Lipinski definition) is 0. The van der Waals surface area contributed by atoms with Crippen molar-refractivity contribution in [3.8, 4) is 0 Å². The molecule has 2 heterocycles. The van der Waals surface area contributed by atoms with Crippen LogP contribution in [0.25, 0.3) is 0 Å². The Bertz CT molecular complexity index is 602. The summed E-state index contributed by atoms with van der Waals surface area (Å²) in [5.74, 6) is -1.15. The topological polar surface area (TPSA) is 49.9 Å². The lowest BCUT2D eigenvalue weighted by Gasteiger charge is -2.36. The lowest BCUT2D eigenvalue weighted by atomic mass is 10.1. The summed E-state index contributed by atoms with van der Waals surface area (Å²) < 4.78 is 18.8. The van der Waals surface area contributed by atoms with Crippen LogP contribution in [0, 0.1) is 5.82 Å². The number of rotatable bonds is 2. The summed E-state index contributed by atoms with van der Waals surface area (Å²) in [6, 6.07) is 3.84. The van der Waals surface area contributed by atoms with Crippen LogP contribution in [0.1, 0.15) is 16.8 Å². The molecule has 0 N–H and O–H groups in total. The lowest BCUT2D eigenvalue weighted by molar-refractivity contribution is -0.142. The second-order valence-corrected chi connectivity index (χ2v) is 5.86. The third-order valence-electron chi connectivity index (χ3n) is 4.11. The predicted octanol–water partition coefficient (Wildman–Crippen LogP) is 1.55. The highest BCUT2D eigenvalue weighted by molar-refractivity contribution is 6.30. The number of hydrogen-bond acceptors (Lipinski definition) is 4. The van der Waals surface area contributed by atoms with Crippen molar-refractivity contribution in [3.63, 3.8) is 0 Å². The number of benzene rings is 1. The molecule has 0 aliphatic carbocycles. The zero-order valence-electron chi connectivity index (χ0n) is 11.9. The molecule has 1 aromatic carbocycles. The summed E-state index contributed by atoms with van der Waals surface area (Å²) >= 11 is 5.70. The van der Waals surface area contributed by atoms with Gasteiger partial charge in [0.05, 0.1) is 12.2 Å². The minimum absolute atomic E-state index is 0.0260. The van der Waals surface area contributed by atoms with Crippen molar-refractivity contribution in [2.24, 2.45) is 0 Å². The van der Waals surface area contributed by atoms with Crippen LogP contribution in [-0.4, -0.2) is 60.5 Å². The van der Waals surface area contributed by atoms with Gasteiger partial charge < -0.3 is 9.64 Å². The predicted molar refractivity (Wildman–Crippen MR) is 78.3 cm³/mol. The highest BCUT2D eigenvalue weighted by Crippen LogP contribution is 2.19. The fraction of sp³-hybridized carbons (Fsp3) is 0.467. The van der Waals surface area contributed by atoms with Crippen LogP contribution in [0.3, 0.4) is 0 Å². The van der Waals surface area contributed by atoms with Gasteiger partial charge in [-0.15, -0.1) is 0 Å². The second kappa shape index (κ2) is 6.22. The van der Waals surface area contributed by atoms with Crippen molar-refractivity contribution in [2.75, 3.05) is 32.8 Å². The molecule has 5 nitrogen and oxygen atoms in total. The number of piperazine rings is 1. The van der Waals surface area contributed by atoms with Crippen molar-refractivity contribution in [2.45, 2.75) is 12.5 Å². The van der Waals surface area contributed by atoms with Gasteiger partial charge in [-0.3, -0.25) is 14.5 Å². The van der Waals surface area contributed by atoms with Gasteiger partial charge in [-0.25, -0.2) is 4.39 Å². The first-order valence-electron chi connectivity index (χ1n) is 7.21. The van der Waals surface area contributed by atoms with Crippen LogP contribution in [0.5, 0.6) is 0 Å². The zero-order chi connectivity index (χ0) is 15.7. The fourth-order valence-electron chi connectivity index (χ4n) is 2.89. The maximum Gasteiger partial charge on any atom is 0.323 e. The molecule has 0 aromatic heterocycles. The SMILES string of the molecule is O=C1OCC[C@@H]1N1CCN(C(=O)c2ccc(Cl)cc2F)CC1. The first-order chi connectivity index (χ1) is 10.6. The van der Waals surface area contributed by atoms with E-state index in [9.17, 15) is 14.0 Å². The van der Waals surface area contributed by atoms with Gasteiger partial charge in [0.2, 0.25) is 0 Å². The number of carbonyl (C=O) groups excluding carboxylic acids is 2. The second-order valence-electron chi connectivity index (χ2n) is 5.42. The molecule has 7 heteroatoms. The zero-order valence-corrected chi connectivity index (χ0v) is 12.7. The minimum atomic E-state index is -0.612. The number of nitrogens with zero attached hydrogens (tertiary/aromatic N) is 2. The maximum absolute atomic E-state index is 13.8. The Hall–Kier alpha value is -1.66. The molecular formula is C15H16ClFN2O3. The molecule has 22 heavy (non-hydrogen) atoms. The van der Waals surface area contributed by atoms with E-state index in [1.54, 1.807) is 4.90 Å². The Morgan fingerprint density at radius 2 is 2.00 bits per heavy atom. The smallest absolute Gasteiger partial charge is 0.323 e. The maximum atomic E-state index is 13.8. The average molecular weight is 327 g/mol. The molecule has 118 valence electrons. The van der Waals surface area contributed by atoms with E-state index in [1.165, 1.54) is 12.1 Å². The quantitative estimate of drug-likeness (QED) is 0.774. The van der Waals surface area contributed by atoms with Crippen molar-refractivity contribution in [1.29, 1.82) is 0 Å². The number of amides is 1. The molecule has 2 aliphatic rings. The number of cyclic esters (lactones) is 1. The minimum Gasteiger partial charge on any atom is -0.464 e. The van der Waals surface area contributed by atoms with Crippen molar-refractivity contribution < 1.29 is 18.7 Å². The van der Waals surface area contributed by atoms with Gasteiger partial charge in [-0.1, -0.05) is 11.6 Å². The molecule has 0 saturated carbocycles. The van der Waals surface area contributed by atoms with E-state index in [4.69, 9.17) is 16.3 Å². The number of carbonyl (C=O) groups is 2. The van der Waals surface area contributed by atoms with Gasteiger partial charge in [-0.05, 0) is 18.2 Å². The fourth-order valence-corrected chi connectivity index (χ4v) is 3.05. The molecule has 1 amide bonds. The van der Waals surface area contributed by atoms with Gasteiger partial charge >= 0.3 is 5.97 Å². The molecular weight excluding hydrogens is 311 g/mol. The van der Waals surface area contributed by atoms with E-state index in [-0.39, 0.29) is 28.5 Å². The van der Waals surface area contributed by atoms with Crippen LogP contribution >= 0.6 is 11.6 Å². The highest BCUT2D eigenvalue weighted by Gasteiger charge is 2.35. The highest BCUT2D eigenvalue weighted by atomic mass is 35.5. The standard InChI is InChI=1S/C15H16ClFN2O3/c16-10-1-2-11(12(17)9-10)14(20)19-6-4-18(5-7-19)13-3-8-22-15(13)21/h1-2,9,13H,3-8H2/t13-/m0/s1. The number of esters is 1. The molecule has 1 atom stereocenters. The monoisotopic (exact) mass is 326 g/mol. The molecule has 0 radical (unpaired) electrons. The Balaban J connectivity index is 1.63. The van der Waals surface area contributed by atoms with E-state index in [0.29, 0.717) is 39.2 Å². The van der Waals surface area contributed by atoms with Crippen molar-refractivity contribution in [1.82, 2.24) is 9.80 Å². The summed E-state index contributed by atoms with van der Waals surface area (Å²) in [5, 5.41) is 0.263. The lowest BCUT2D eigenvalue weighted by Crippen LogP contribution is -2.53. The Labute approximate surface area is 132 Å². The average Bonchev–Trinajstić information content (AvgIpc) is 2.93. The summed E-state index contributed by atoms with van der Waals surface area (Å²) in [4.78, 5) is 27.6. The van der Waals surface area contributed by atoms with Gasteiger partial charge in [0.1, 0.15) is 11.9 Å². The van der Waals surface area contributed by atoms with Crippen molar-refractivity contribution in [3.05, 3.63) is 34.6 Å². The summed E-state index contributed by atoms with van der Waals surface area (Å²) in [6.07, 6.45) is 0.693. The van der Waals surface area contributed by atoms with Gasteiger partial charge in [0, 0.05) is 37.6 Å². The summed E-state index contributed by atoms with van der Waals surface area (Å²) in [7, 11) is 0. The van der Waals surface area contributed by atoms with E-state index in [0.717, 1.165) is 6.07 Å². The largest absolute Gasteiger partial charge is 0.464 e. The molecule has 2 saturated heterocycles. The van der Waals surface area contributed by atoms with Crippen LogP contribution in [0.15, 0.2) is 18.2 Å². The van der Waals surface area contributed by atoms with E-state index < -0.39 is 5.82 Å². The number of ether oxygens (including phenoxy) is 1. The first kappa shape index (κ1) is 15.2. The van der Waals surface area contributed by atoms with E-state index in [2.05, 4.69) is 0 Å². The molecule has 2 fully saturated rings. The molecule has 1 aromatic rings. The van der Waals surface area contributed by atoms with Crippen molar-refractivity contribution >= 4 is 23.5 Å². The third-order valence-corrected chi connectivity index (χ3v) is 4.35. The third kappa shape index (κ3) is 2.94. The molecule has 0 unspecified atom stereocenters. The number of halogens is 2. The van der Waals surface area contributed by atoms with Crippen LogP contribution < -0.4 is 0 Å². The molecule has 0 bridgehead atoms. The summed E-state index contributed by atoms with van der Waals surface area (Å²) in [5.41, 5.74) is 0.0260. The first-order valence-corrected chi connectivity index (χ1v) is 7.59. The van der Waals surface area contributed by atoms with Gasteiger partial charge in [0.15, 0.2) is 0 Å². The van der Waals surface area contributed by atoms with E-state index >= 15 is 0 Å². The van der Waals surface area contributed by atoms with Gasteiger partial charge in [-0.2, -0.15) is 0 Å². The normalized spacial score (nSPS) is 22.7. The van der Waals surface area contributed by atoms with Gasteiger partial charge in [0.25, 0.3) is 5.91 Å². The van der Waals surface area contributed by atoms with Crippen LogP contribution in [0.2, 0.25) is 5.02 Å². The molecule has 2 aliphatic heterocycles. The molecule has 0 spiro atoms.